The van der Waals surface area contributed by atoms with E-state index < -0.39 is 0 Å². The maximum absolute atomic E-state index is 12.0. The molecule has 88 valence electrons. The van der Waals surface area contributed by atoms with E-state index in [0.717, 1.165) is 19.4 Å². The van der Waals surface area contributed by atoms with Gasteiger partial charge in [-0.1, -0.05) is 13.8 Å². The first kappa shape index (κ1) is 12.5. The number of carbonyl (C=O) groups is 1. The molecule has 1 rings (SSSR count). The van der Waals surface area contributed by atoms with Gasteiger partial charge in [-0.05, 0) is 33.2 Å². The lowest BCUT2D eigenvalue weighted by atomic mass is 9.95. The van der Waals surface area contributed by atoms with Crippen LogP contribution in [0.25, 0.3) is 0 Å². The highest BCUT2D eigenvalue weighted by Gasteiger charge is 2.30. The van der Waals surface area contributed by atoms with Gasteiger partial charge in [-0.15, -0.1) is 0 Å². The third-order valence-corrected chi connectivity index (χ3v) is 3.36. The van der Waals surface area contributed by atoms with E-state index in [9.17, 15) is 4.79 Å². The van der Waals surface area contributed by atoms with Gasteiger partial charge in [-0.3, -0.25) is 4.79 Å². The Morgan fingerprint density at radius 1 is 1.33 bits per heavy atom. The molecule has 0 saturated carbocycles. The van der Waals surface area contributed by atoms with Crippen LogP contribution < -0.4 is 5.32 Å². The van der Waals surface area contributed by atoms with Crippen molar-refractivity contribution in [2.75, 3.05) is 13.6 Å². The Labute approximate surface area is 93.2 Å². The fraction of sp³-hybridized carbons (Fsp3) is 0.917. The molecule has 1 amide bonds. The van der Waals surface area contributed by atoms with Crippen LogP contribution in [0.3, 0.4) is 0 Å². The molecular formula is C12H24N2O. The van der Waals surface area contributed by atoms with Gasteiger partial charge in [0.2, 0.25) is 5.91 Å². The van der Waals surface area contributed by atoms with Crippen molar-refractivity contribution >= 4 is 5.91 Å². The fourth-order valence-corrected chi connectivity index (χ4v) is 2.27. The first-order valence-electron chi connectivity index (χ1n) is 6.05. The van der Waals surface area contributed by atoms with Crippen LogP contribution in [0, 0.1) is 5.92 Å². The van der Waals surface area contributed by atoms with Crippen molar-refractivity contribution in [3.05, 3.63) is 0 Å². The summed E-state index contributed by atoms with van der Waals surface area (Å²) in [5.41, 5.74) is 0. The molecule has 15 heavy (non-hydrogen) atoms. The largest absolute Gasteiger partial charge is 0.338 e. The first-order chi connectivity index (χ1) is 7.07. The maximum Gasteiger partial charge on any atom is 0.225 e. The van der Waals surface area contributed by atoms with E-state index >= 15 is 0 Å². The maximum atomic E-state index is 12.0. The number of carbonyl (C=O) groups excluding carboxylic acids is 1. The van der Waals surface area contributed by atoms with E-state index in [1.807, 2.05) is 20.9 Å². The number of hydrogen-bond donors (Lipinski definition) is 1. The van der Waals surface area contributed by atoms with Crippen molar-refractivity contribution in [3.63, 3.8) is 0 Å². The van der Waals surface area contributed by atoms with Crippen LogP contribution in [0.2, 0.25) is 0 Å². The van der Waals surface area contributed by atoms with Gasteiger partial charge in [0.05, 0.1) is 0 Å². The van der Waals surface area contributed by atoms with Crippen LogP contribution in [0.1, 0.15) is 40.0 Å². The SMILES string of the molecule is CNC(C)C1CCCCN1C(=O)C(C)C. The molecule has 1 aliphatic heterocycles. The smallest absolute Gasteiger partial charge is 0.225 e. The third kappa shape index (κ3) is 2.94. The number of rotatable bonds is 3. The van der Waals surface area contributed by atoms with Gasteiger partial charge in [0.25, 0.3) is 0 Å². The van der Waals surface area contributed by atoms with E-state index in [1.165, 1.54) is 6.42 Å². The highest BCUT2D eigenvalue weighted by atomic mass is 16.2. The summed E-state index contributed by atoms with van der Waals surface area (Å²) in [5, 5.41) is 3.26. The lowest BCUT2D eigenvalue weighted by Crippen LogP contribution is -2.53. The first-order valence-corrected chi connectivity index (χ1v) is 6.05. The average Bonchev–Trinajstić information content (AvgIpc) is 2.27. The van der Waals surface area contributed by atoms with Gasteiger partial charge in [0.15, 0.2) is 0 Å². The molecule has 0 aromatic carbocycles. The Hall–Kier alpha value is -0.570. The Balaban J connectivity index is 2.69. The number of likely N-dealkylation sites (tertiary alicyclic amines) is 1. The molecule has 3 heteroatoms. The summed E-state index contributed by atoms with van der Waals surface area (Å²) in [6, 6.07) is 0.784. The third-order valence-electron chi connectivity index (χ3n) is 3.36. The molecule has 1 fully saturated rings. The van der Waals surface area contributed by atoms with Crippen molar-refractivity contribution in [1.82, 2.24) is 10.2 Å². The zero-order valence-electron chi connectivity index (χ0n) is 10.4. The van der Waals surface area contributed by atoms with Crippen molar-refractivity contribution in [1.29, 1.82) is 0 Å². The van der Waals surface area contributed by atoms with Gasteiger partial charge in [0, 0.05) is 24.5 Å². The molecule has 1 aliphatic rings. The summed E-state index contributed by atoms with van der Waals surface area (Å²) in [4.78, 5) is 14.1. The number of piperidine rings is 1. The van der Waals surface area contributed by atoms with E-state index in [1.54, 1.807) is 0 Å². The summed E-state index contributed by atoms with van der Waals surface area (Å²) < 4.78 is 0. The second-order valence-corrected chi connectivity index (χ2v) is 4.83. The second-order valence-electron chi connectivity index (χ2n) is 4.83. The minimum Gasteiger partial charge on any atom is -0.338 e. The van der Waals surface area contributed by atoms with Crippen molar-refractivity contribution in [2.24, 2.45) is 5.92 Å². The normalized spacial score (nSPS) is 24.3. The molecule has 1 heterocycles. The number of likely N-dealkylation sites (N-methyl/N-ethyl adjacent to an activating group) is 1. The average molecular weight is 212 g/mol. The molecule has 0 aromatic heterocycles. The summed E-state index contributed by atoms with van der Waals surface area (Å²) in [5.74, 6) is 0.427. The Kier molecular flexibility index (Phi) is 4.58. The van der Waals surface area contributed by atoms with Gasteiger partial charge < -0.3 is 10.2 Å². The molecule has 0 aliphatic carbocycles. The Morgan fingerprint density at radius 3 is 2.53 bits per heavy atom. The van der Waals surface area contributed by atoms with E-state index in [4.69, 9.17) is 0 Å². The second kappa shape index (κ2) is 5.50. The highest BCUT2D eigenvalue weighted by molar-refractivity contribution is 5.78. The molecule has 3 nitrogen and oxygen atoms in total. The highest BCUT2D eigenvalue weighted by Crippen LogP contribution is 2.21. The number of hydrogen-bond acceptors (Lipinski definition) is 2. The molecule has 1 saturated heterocycles. The zero-order chi connectivity index (χ0) is 11.4. The van der Waals surface area contributed by atoms with Crippen LogP contribution in [0.4, 0.5) is 0 Å². The molecule has 2 atom stereocenters. The van der Waals surface area contributed by atoms with Crippen LogP contribution in [-0.4, -0.2) is 36.5 Å². The summed E-state index contributed by atoms with van der Waals surface area (Å²) >= 11 is 0. The number of amides is 1. The summed E-state index contributed by atoms with van der Waals surface area (Å²) in [6.45, 7) is 7.07. The van der Waals surface area contributed by atoms with E-state index in [2.05, 4.69) is 17.1 Å². The van der Waals surface area contributed by atoms with Crippen LogP contribution in [0.5, 0.6) is 0 Å². The molecule has 0 spiro atoms. The zero-order valence-corrected chi connectivity index (χ0v) is 10.4. The molecule has 2 unspecified atom stereocenters. The van der Waals surface area contributed by atoms with Crippen molar-refractivity contribution in [3.8, 4) is 0 Å². The summed E-state index contributed by atoms with van der Waals surface area (Å²) in [6.07, 6.45) is 3.55. The fourth-order valence-electron chi connectivity index (χ4n) is 2.27. The molecule has 0 bridgehead atoms. The molecular weight excluding hydrogens is 188 g/mol. The lowest BCUT2D eigenvalue weighted by molar-refractivity contribution is -0.138. The standard InChI is InChI=1S/C12H24N2O/c1-9(2)12(15)14-8-6-5-7-11(14)10(3)13-4/h9-11,13H,5-8H2,1-4H3. The minimum atomic E-state index is 0.120. The van der Waals surface area contributed by atoms with Crippen LogP contribution in [-0.2, 0) is 4.79 Å². The van der Waals surface area contributed by atoms with Gasteiger partial charge >= 0.3 is 0 Å². The predicted octanol–water partition coefficient (Wildman–Crippen LogP) is 1.63. The van der Waals surface area contributed by atoms with Gasteiger partial charge in [-0.2, -0.15) is 0 Å². The summed E-state index contributed by atoms with van der Waals surface area (Å²) in [7, 11) is 1.97. The van der Waals surface area contributed by atoms with Gasteiger partial charge in [0.1, 0.15) is 0 Å². The quantitative estimate of drug-likeness (QED) is 0.771. The predicted molar refractivity (Wildman–Crippen MR) is 62.7 cm³/mol. The molecule has 1 N–H and O–H groups in total. The van der Waals surface area contributed by atoms with E-state index in [-0.39, 0.29) is 5.92 Å². The minimum absolute atomic E-state index is 0.120. The van der Waals surface area contributed by atoms with Crippen LogP contribution >= 0.6 is 0 Å². The molecule has 0 aromatic rings. The molecule has 0 radical (unpaired) electrons. The Bertz CT molecular complexity index is 216. The van der Waals surface area contributed by atoms with Crippen LogP contribution in [0.15, 0.2) is 0 Å². The Morgan fingerprint density at radius 2 is 2.00 bits per heavy atom. The van der Waals surface area contributed by atoms with E-state index in [0.29, 0.717) is 18.0 Å². The van der Waals surface area contributed by atoms with Crippen molar-refractivity contribution < 1.29 is 4.79 Å². The van der Waals surface area contributed by atoms with Crippen molar-refractivity contribution in [2.45, 2.75) is 52.1 Å². The monoisotopic (exact) mass is 212 g/mol. The van der Waals surface area contributed by atoms with Gasteiger partial charge in [-0.25, -0.2) is 0 Å². The lowest BCUT2D eigenvalue weighted by Gasteiger charge is -2.40. The topological polar surface area (TPSA) is 32.3 Å². The number of nitrogens with zero attached hydrogens (tertiary/aromatic N) is 1. The number of nitrogens with one attached hydrogen (secondary N) is 1.